The predicted octanol–water partition coefficient (Wildman–Crippen LogP) is 2.06. The second kappa shape index (κ2) is 9.07. The summed E-state index contributed by atoms with van der Waals surface area (Å²) in [5.41, 5.74) is 0.750. The van der Waals surface area contributed by atoms with Crippen molar-refractivity contribution >= 4 is 31.6 Å². The highest BCUT2D eigenvalue weighted by Gasteiger charge is 2.19. The Morgan fingerprint density at radius 2 is 1.63 bits per heavy atom. The topological polar surface area (TPSA) is 92.3 Å². The molecule has 0 saturated heterocycles. The van der Waals surface area contributed by atoms with E-state index >= 15 is 0 Å². The van der Waals surface area contributed by atoms with Crippen LogP contribution in [-0.4, -0.2) is 35.7 Å². The highest BCUT2D eigenvalue weighted by molar-refractivity contribution is 7.89. The van der Waals surface area contributed by atoms with Crippen molar-refractivity contribution < 1.29 is 25.6 Å². The monoisotopic (exact) mass is 438 g/mol. The maximum absolute atomic E-state index is 13.6. The summed E-state index contributed by atoms with van der Waals surface area (Å²) in [7, 11) is -7.87. The Kier molecular flexibility index (Phi) is 7.29. The Morgan fingerprint density at radius 1 is 0.926 bits per heavy atom. The molecule has 0 heterocycles. The van der Waals surface area contributed by atoms with Crippen molar-refractivity contribution in [3.05, 3.63) is 64.7 Å². The van der Waals surface area contributed by atoms with Gasteiger partial charge in [0.2, 0.25) is 20.0 Å². The molecule has 148 valence electrons. The highest BCUT2D eigenvalue weighted by Crippen LogP contribution is 2.15. The minimum Gasteiger partial charge on any atom is -0.214 e. The molecule has 0 saturated carbocycles. The van der Waals surface area contributed by atoms with E-state index in [1.165, 1.54) is 0 Å². The van der Waals surface area contributed by atoms with E-state index in [4.69, 9.17) is 11.6 Å². The van der Waals surface area contributed by atoms with Gasteiger partial charge >= 0.3 is 0 Å². The molecule has 2 rings (SSSR count). The number of hydrogen-bond donors (Lipinski definition) is 2. The number of aryl methyl sites for hydroxylation is 1. The van der Waals surface area contributed by atoms with E-state index in [0.29, 0.717) is 11.1 Å². The Hall–Kier alpha value is -1.59. The van der Waals surface area contributed by atoms with E-state index in [-0.39, 0.29) is 25.3 Å². The zero-order chi connectivity index (χ0) is 20.1. The second-order valence-corrected chi connectivity index (χ2v) is 9.66. The first-order chi connectivity index (χ1) is 12.6. The molecular weight excluding hydrogens is 422 g/mol. The normalized spacial score (nSPS) is 12.3. The van der Waals surface area contributed by atoms with Crippen molar-refractivity contribution in [3.8, 4) is 0 Å². The fourth-order valence-electron chi connectivity index (χ4n) is 2.18. The van der Waals surface area contributed by atoms with Crippen LogP contribution in [0.25, 0.3) is 0 Å². The van der Waals surface area contributed by atoms with Gasteiger partial charge in [0.05, 0.1) is 5.75 Å². The molecule has 2 N–H and O–H groups in total. The van der Waals surface area contributed by atoms with Crippen LogP contribution in [0.4, 0.5) is 8.78 Å². The van der Waals surface area contributed by atoms with Crippen LogP contribution in [0.3, 0.4) is 0 Å². The van der Waals surface area contributed by atoms with Crippen LogP contribution in [0, 0.1) is 11.6 Å². The zero-order valence-corrected chi connectivity index (χ0v) is 16.3. The van der Waals surface area contributed by atoms with Crippen LogP contribution in [0.1, 0.15) is 5.56 Å². The standard InChI is InChI=1S/C16H17ClF2N2O4S2/c17-13-3-1-2-12(10-13)6-9-26(22,23)20-7-8-21-27(24,25)16-5-4-14(18)11-15(16)19/h1-5,10-11,20-21H,6-9H2. The Balaban J connectivity index is 1.84. The lowest BCUT2D eigenvalue weighted by Crippen LogP contribution is -2.36. The molecule has 0 spiro atoms. The van der Waals surface area contributed by atoms with Crippen molar-refractivity contribution in [2.45, 2.75) is 11.3 Å². The number of rotatable bonds is 9. The summed E-state index contributed by atoms with van der Waals surface area (Å²) in [4.78, 5) is -0.715. The first kappa shape index (κ1) is 21.7. The molecule has 0 unspecified atom stereocenters. The summed E-state index contributed by atoms with van der Waals surface area (Å²) < 4.78 is 78.6. The maximum atomic E-state index is 13.6. The first-order valence-electron chi connectivity index (χ1n) is 7.75. The average Bonchev–Trinajstić information content (AvgIpc) is 2.57. The summed E-state index contributed by atoms with van der Waals surface area (Å²) in [5.74, 6) is -2.34. The largest absolute Gasteiger partial charge is 0.243 e. The van der Waals surface area contributed by atoms with Crippen molar-refractivity contribution in [1.29, 1.82) is 0 Å². The lowest BCUT2D eigenvalue weighted by molar-refractivity contribution is 0.541. The number of hydrogen-bond acceptors (Lipinski definition) is 4. The van der Waals surface area contributed by atoms with Crippen LogP contribution in [0.2, 0.25) is 5.02 Å². The van der Waals surface area contributed by atoms with E-state index in [1.54, 1.807) is 24.3 Å². The van der Waals surface area contributed by atoms with E-state index < -0.39 is 36.6 Å². The van der Waals surface area contributed by atoms with Gasteiger partial charge in [0.15, 0.2) is 0 Å². The average molecular weight is 439 g/mol. The van der Waals surface area contributed by atoms with E-state index in [1.807, 2.05) is 0 Å². The van der Waals surface area contributed by atoms with Crippen LogP contribution in [0.15, 0.2) is 47.4 Å². The second-order valence-electron chi connectivity index (χ2n) is 5.57. The molecule has 0 aliphatic carbocycles. The fourth-order valence-corrected chi connectivity index (χ4v) is 4.54. The molecule has 2 aromatic carbocycles. The third-order valence-electron chi connectivity index (χ3n) is 3.47. The van der Waals surface area contributed by atoms with Crippen LogP contribution in [0.5, 0.6) is 0 Å². The summed E-state index contributed by atoms with van der Waals surface area (Å²) in [5, 5.41) is 0.500. The molecule has 0 atom stereocenters. The minimum atomic E-state index is -4.23. The predicted molar refractivity (Wildman–Crippen MR) is 98.5 cm³/mol. The Bertz CT molecular complexity index is 1010. The SMILES string of the molecule is O=S(=O)(CCc1cccc(Cl)c1)NCCNS(=O)(=O)c1ccc(F)cc1F. The summed E-state index contributed by atoms with van der Waals surface area (Å²) in [6.07, 6.45) is 0.239. The third kappa shape index (κ3) is 6.82. The van der Waals surface area contributed by atoms with Gasteiger partial charge < -0.3 is 0 Å². The van der Waals surface area contributed by atoms with Crippen molar-refractivity contribution in [1.82, 2.24) is 9.44 Å². The lowest BCUT2D eigenvalue weighted by Gasteiger charge is -2.09. The molecule has 11 heteroatoms. The van der Waals surface area contributed by atoms with Gasteiger partial charge in [0.1, 0.15) is 16.5 Å². The summed E-state index contributed by atoms with van der Waals surface area (Å²) in [6.45, 7) is -0.518. The van der Waals surface area contributed by atoms with Gasteiger partial charge in [-0.05, 0) is 36.2 Å². The van der Waals surface area contributed by atoms with E-state index in [2.05, 4.69) is 9.44 Å². The highest BCUT2D eigenvalue weighted by atomic mass is 35.5. The van der Waals surface area contributed by atoms with E-state index in [0.717, 1.165) is 17.7 Å². The summed E-state index contributed by atoms with van der Waals surface area (Å²) in [6, 6.07) is 8.84. The third-order valence-corrected chi connectivity index (χ3v) is 6.59. The first-order valence-corrected chi connectivity index (χ1v) is 11.3. The van der Waals surface area contributed by atoms with Crippen LogP contribution >= 0.6 is 11.6 Å². The van der Waals surface area contributed by atoms with Crippen LogP contribution in [-0.2, 0) is 26.5 Å². The molecule has 6 nitrogen and oxygen atoms in total. The minimum absolute atomic E-state index is 0.202. The Labute approximate surface area is 161 Å². The zero-order valence-electron chi connectivity index (χ0n) is 14.0. The molecule has 0 aliphatic heterocycles. The number of halogens is 3. The quantitative estimate of drug-likeness (QED) is 0.586. The maximum Gasteiger partial charge on any atom is 0.243 e. The fraction of sp³-hybridized carbons (Fsp3) is 0.250. The van der Waals surface area contributed by atoms with Gasteiger partial charge in [-0.15, -0.1) is 0 Å². The van der Waals surface area contributed by atoms with Crippen molar-refractivity contribution in [2.24, 2.45) is 0 Å². The number of nitrogens with one attached hydrogen (secondary N) is 2. The summed E-state index contributed by atoms with van der Waals surface area (Å²) >= 11 is 5.83. The van der Waals surface area contributed by atoms with Crippen LogP contribution < -0.4 is 9.44 Å². The number of benzene rings is 2. The van der Waals surface area contributed by atoms with E-state index in [9.17, 15) is 25.6 Å². The molecule has 0 fully saturated rings. The molecule has 0 amide bonds. The smallest absolute Gasteiger partial charge is 0.214 e. The molecule has 0 aliphatic rings. The van der Waals surface area contributed by atoms with Gasteiger partial charge in [-0.25, -0.2) is 35.1 Å². The lowest BCUT2D eigenvalue weighted by atomic mass is 10.2. The van der Waals surface area contributed by atoms with Gasteiger partial charge in [-0.3, -0.25) is 0 Å². The molecule has 0 bridgehead atoms. The van der Waals surface area contributed by atoms with Crippen molar-refractivity contribution in [2.75, 3.05) is 18.8 Å². The van der Waals surface area contributed by atoms with Gasteiger partial charge in [0.25, 0.3) is 0 Å². The molecule has 27 heavy (non-hydrogen) atoms. The van der Waals surface area contributed by atoms with Gasteiger partial charge in [-0.1, -0.05) is 23.7 Å². The van der Waals surface area contributed by atoms with Gasteiger partial charge in [-0.2, -0.15) is 0 Å². The van der Waals surface area contributed by atoms with Gasteiger partial charge in [0, 0.05) is 24.2 Å². The molecule has 2 aromatic rings. The molecule has 0 radical (unpaired) electrons. The molecule has 0 aromatic heterocycles. The molecular formula is C16H17ClF2N2O4S2. The van der Waals surface area contributed by atoms with Crippen molar-refractivity contribution in [3.63, 3.8) is 0 Å². The number of sulfonamides is 2. The Morgan fingerprint density at radius 3 is 2.30 bits per heavy atom.